The van der Waals surface area contributed by atoms with Gasteiger partial charge in [-0.1, -0.05) is 12.1 Å². The van der Waals surface area contributed by atoms with Gasteiger partial charge in [0.2, 0.25) is 0 Å². The van der Waals surface area contributed by atoms with E-state index in [1.54, 1.807) is 24.3 Å². The van der Waals surface area contributed by atoms with Crippen LogP contribution in [-0.2, 0) is 18.0 Å². The lowest BCUT2D eigenvalue weighted by atomic mass is 10.2. The highest BCUT2D eigenvalue weighted by atomic mass is 16.7. The molecule has 2 N–H and O–H groups in total. The van der Waals surface area contributed by atoms with Gasteiger partial charge in [0.05, 0.1) is 11.0 Å². The van der Waals surface area contributed by atoms with E-state index in [4.69, 9.17) is 10.2 Å². The highest BCUT2D eigenvalue weighted by Gasteiger charge is 2.13. The molecule has 1 aromatic heterocycles. The summed E-state index contributed by atoms with van der Waals surface area (Å²) in [5.74, 6) is 0. The third-order valence-corrected chi connectivity index (χ3v) is 2.99. The molecule has 21 heavy (non-hydrogen) atoms. The fourth-order valence-corrected chi connectivity index (χ4v) is 2.07. The fraction of sp³-hybridized carbons (Fsp3) is 0.308. The Morgan fingerprint density at radius 3 is 2.24 bits per heavy atom. The third kappa shape index (κ3) is 2.95. The minimum absolute atomic E-state index is 0.105. The van der Waals surface area contributed by atoms with Crippen molar-refractivity contribution in [1.82, 2.24) is 9.13 Å². The Balaban J connectivity index is 2.66. The lowest BCUT2D eigenvalue weighted by Gasteiger charge is -2.14. The number of hydrogen-bond donors (Lipinski definition) is 2. The molecule has 8 nitrogen and oxygen atoms in total. The summed E-state index contributed by atoms with van der Waals surface area (Å²) in [6, 6.07) is 6.60. The first-order chi connectivity index (χ1) is 10.1. The van der Waals surface area contributed by atoms with Crippen LogP contribution in [0.1, 0.15) is 6.42 Å². The maximum atomic E-state index is 12.1. The Labute approximate surface area is 118 Å². The van der Waals surface area contributed by atoms with Crippen molar-refractivity contribution in [2.45, 2.75) is 19.7 Å². The predicted molar refractivity (Wildman–Crippen MR) is 73.3 cm³/mol. The molecule has 0 fully saturated rings. The smallest absolute Gasteiger partial charge is 0.450 e. The van der Waals surface area contributed by atoms with Gasteiger partial charge in [0.25, 0.3) is 0 Å². The number of carbonyl (C=O) groups is 1. The molecular formula is C13H14N2O6. The highest BCUT2D eigenvalue weighted by molar-refractivity contribution is 5.75. The van der Waals surface area contributed by atoms with Crippen LogP contribution >= 0.6 is 0 Å². The van der Waals surface area contributed by atoms with Gasteiger partial charge in [-0.05, 0) is 18.6 Å². The molecule has 0 spiro atoms. The molecule has 8 heteroatoms. The first-order valence-electron chi connectivity index (χ1n) is 6.25. The monoisotopic (exact) mass is 294 g/mol. The van der Waals surface area contributed by atoms with E-state index < -0.39 is 24.0 Å². The Hall–Kier alpha value is -2.61. The predicted octanol–water partition coefficient (Wildman–Crippen LogP) is 0.198. The second-order valence-corrected chi connectivity index (χ2v) is 4.30. The largest absolute Gasteiger partial charge is 0.507 e. The van der Waals surface area contributed by atoms with Gasteiger partial charge in [0.1, 0.15) is 0 Å². The molecule has 1 aromatic carbocycles. The van der Waals surface area contributed by atoms with Crippen molar-refractivity contribution in [3.05, 3.63) is 45.0 Å². The quantitative estimate of drug-likeness (QED) is 0.602. The lowest BCUT2D eigenvalue weighted by Crippen LogP contribution is -2.42. The van der Waals surface area contributed by atoms with Crippen LogP contribution in [-0.4, -0.2) is 32.1 Å². The van der Waals surface area contributed by atoms with Crippen LogP contribution in [0.5, 0.6) is 0 Å². The summed E-state index contributed by atoms with van der Waals surface area (Å²) in [6.45, 7) is -0.456. The van der Waals surface area contributed by atoms with Gasteiger partial charge in [0, 0.05) is 13.2 Å². The molecule has 1 heterocycles. The molecule has 0 atom stereocenters. The zero-order valence-electron chi connectivity index (χ0n) is 11.1. The summed E-state index contributed by atoms with van der Waals surface area (Å²) in [5.41, 5.74) is -0.783. The average Bonchev–Trinajstić information content (AvgIpc) is 2.47. The summed E-state index contributed by atoms with van der Waals surface area (Å²) < 4.78 is 6.63. The lowest BCUT2D eigenvalue weighted by molar-refractivity contribution is 0.0649. The number of rotatable bonds is 5. The summed E-state index contributed by atoms with van der Waals surface area (Å²) in [5, 5.41) is 17.4. The van der Waals surface area contributed by atoms with E-state index in [-0.39, 0.29) is 13.2 Å². The zero-order valence-corrected chi connectivity index (χ0v) is 11.1. The van der Waals surface area contributed by atoms with Gasteiger partial charge in [-0.2, -0.15) is 0 Å². The summed E-state index contributed by atoms with van der Waals surface area (Å²) in [4.78, 5) is 34.6. The van der Waals surface area contributed by atoms with Crippen LogP contribution < -0.4 is 11.1 Å². The van der Waals surface area contributed by atoms with Crippen molar-refractivity contribution < 1.29 is 19.7 Å². The summed E-state index contributed by atoms with van der Waals surface area (Å²) in [6.07, 6.45) is -1.20. The maximum Gasteiger partial charge on any atom is 0.507 e. The molecule has 0 aliphatic rings. The number of aliphatic hydroxyl groups excluding tert-OH is 1. The molecule has 0 saturated heterocycles. The zero-order chi connectivity index (χ0) is 15.4. The average molecular weight is 294 g/mol. The summed E-state index contributed by atoms with van der Waals surface area (Å²) in [7, 11) is 0. The molecule has 0 unspecified atom stereocenters. The van der Waals surface area contributed by atoms with Crippen molar-refractivity contribution in [1.29, 1.82) is 0 Å². The number of hydrogen-bond acceptors (Lipinski definition) is 5. The standard InChI is InChI=1S/C13H14N2O6/c16-7-3-6-14-9-4-1-2-5-10(9)15(8-21-13(19)20)12(18)11(14)17/h1-2,4-5,16H,3,6-8H2,(H,19,20). The second kappa shape index (κ2) is 6.23. The second-order valence-electron chi connectivity index (χ2n) is 4.30. The van der Waals surface area contributed by atoms with E-state index in [9.17, 15) is 14.4 Å². The maximum absolute atomic E-state index is 12.1. The Morgan fingerprint density at radius 2 is 1.67 bits per heavy atom. The van der Waals surface area contributed by atoms with Crippen LogP contribution in [0.4, 0.5) is 4.79 Å². The first-order valence-corrected chi connectivity index (χ1v) is 6.25. The van der Waals surface area contributed by atoms with Crippen molar-refractivity contribution in [3.8, 4) is 0 Å². The van der Waals surface area contributed by atoms with Gasteiger partial charge >= 0.3 is 17.3 Å². The van der Waals surface area contributed by atoms with E-state index in [0.717, 1.165) is 4.57 Å². The van der Waals surface area contributed by atoms with Gasteiger partial charge < -0.3 is 19.5 Å². The van der Waals surface area contributed by atoms with Gasteiger partial charge in [0.15, 0.2) is 6.73 Å². The molecule has 2 rings (SSSR count). The SMILES string of the molecule is O=C(O)OCn1c(=O)c(=O)n(CCCO)c2ccccc21. The van der Waals surface area contributed by atoms with E-state index in [1.807, 2.05) is 0 Å². The Morgan fingerprint density at radius 1 is 1.10 bits per heavy atom. The number of para-hydroxylation sites is 2. The molecular weight excluding hydrogens is 280 g/mol. The topological polar surface area (TPSA) is 111 Å². The minimum Gasteiger partial charge on any atom is -0.450 e. The molecule has 2 aromatic rings. The van der Waals surface area contributed by atoms with Crippen molar-refractivity contribution in [2.75, 3.05) is 6.61 Å². The van der Waals surface area contributed by atoms with Crippen molar-refractivity contribution in [3.63, 3.8) is 0 Å². The first kappa shape index (κ1) is 14.8. The van der Waals surface area contributed by atoms with Crippen LogP contribution in [0, 0.1) is 0 Å². The van der Waals surface area contributed by atoms with E-state index in [1.165, 1.54) is 4.57 Å². The molecule has 0 aliphatic heterocycles. The molecule has 0 aliphatic carbocycles. The number of benzene rings is 1. The number of nitrogens with zero attached hydrogens (tertiary/aromatic N) is 2. The third-order valence-electron chi connectivity index (χ3n) is 2.99. The minimum atomic E-state index is -1.53. The normalized spacial score (nSPS) is 10.7. The molecule has 0 bridgehead atoms. The van der Waals surface area contributed by atoms with Crippen LogP contribution in [0.25, 0.3) is 11.0 Å². The van der Waals surface area contributed by atoms with Crippen LogP contribution in [0.3, 0.4) is 0 Å². The van der Waals surface area contributed by atoms with Gasteiger partial charge in [-0.25, -0.2) is 4.79 Å². The molecule has 112 valence electrons. The number of ether oxygens (including phenoxy) is 1. The van der Waals surface area contributed by atoms with Crippen molar-refractivity contribution >= 4 is 17.2 Å². The molecule has 0 radical (unpaired) electrons. The number of carboxylic acid groups (broad SMARTS) is 1. The number of aromatic nitrogens is 2. The van der Waals surface area contributed by atoms with Crippen LogP contribution in [0.15, 0.2) is 33.9 Å². The van der Waals surface area contributed by atoms with E-state index in [0.29, 0.717) is 17.5 Å². The number of aliphatic hydroxyl groups is 1. The molecule has 0 amide bonds. The fourth-order valence-electron chi connectivity index (χ4n) is 2.07. The molecule has 0 saturated carbocycles. The van der Waals surface area contributed by atoms with Gasteiger partial charge in [-0.15, -0.1) is 0 Å². The van der Waals surface area contributed by atoms with Gasteiger partial charge in [-0.3, -0.25) is 14.2 Å². The van der Waals surface area contributed by atoms with Crippen molar-refractivity contribution in [2.24, 2.45) is 0 Å². The van der Waals surface area contributed by atoms with E-state index >= 15 is 0 Å². The number of fused-ring (bicyclic) bond motifs is 1. The Kier molecular flexibility index (Phi) is 4.39. The number of aryl methyl sites for hydroxylation is 1. The van der Waals surface area contributed by atoms with Crippen LogP contribution in [0.2, 0.25) is 0 Å². The summed E-state index contributed by atoms with van der Waals surface area (Å²) >= 11 is 0. The highest BCUT2D eigenvalue weighted by Crippen LogP contribution is 2.10. The van der Waals surface area contributed by atoms with E-state index in [2.05, 4.69) is 4.74 Å². The Bertz CT molecular complexity index is 776.